The summed E-state index contributed by atoms with van der Waals surface area (Å²) in [5.41, 5.74) is 1.33. The van der Waals surface area contributed by atoms with Gasteiger partial charge in [0.2, 0.25) is 0 Å². The molecule has 2 rings (SSSR count). The summed E-state index contributed by atoms with van der Waals surface area (Å²) >= 11 is 0. The van der Waals surface area contributed by atoms with E-state index in [1.807, 2.05) is 18.2 Å². The molecule has 21 heavy (non-hydrogen) atoms. The number of benzene rings is 2. The molecular formula is C18H24O2Si. The van der Waals surface area contributed by atoms with E-state index in [1.54, 1.807) is 7.11 Å². The van der Waals surface area contributed by atoms with Crippen LogP contribution in [0.15, 0.2) is 54.6 Å². The second-order valence-corrected chi connectivity index (χ2v) is 10.5. The Labute approximate surface area is 128 Å². The summed E-state index contributed by atoms with van der Waals surface area (Å²) in [4.78, 5) is 0. The molecule has 0 saturated heterocycles. The Hall–Kier alpha value is -1.58. The molecule has 0 bridgehead atoms. The second-order valence-electron chi connectivity index (χ2n) is 5.90. The topological polar surface area (TPSA) is 18.5 Å². The molecule has 2 aromatic rings. The number of ether oxygens (including phenoxy) is 2. The van der Waals surface area contributed by atoms with Crippen molar-refractivity contribution in [2.75, 3.05) is 19.9 Å². The van der Waals surface area contributed by atoms with Gasteiger partial charge in [0, 0.05) is 6.23 Å². The van der Waals surface area contributed by atoms with Crippen molar-refractivity contribution in [2.45, 2.75) is 19.5 Å². The van der Waals surface area contributed by atoms with E-state index in [4.69, 9.17) is 9.47 Å². The molecule has 3 heteroatoms. The molecule has 0 N–H and O–H groups in total. The monoisotopic (exact) mass is 300 g/mol. The summed E-state index contributed by atoms with van der Waals surface area (Å²) < 4.78 is 11.2. The molecular weight excluding hydrogens is 276 g/mol. The minimum absolute atomic E-state index is 0.788. The fourth-order valence-electron chi connectivity index (χ4n) is 2.29. The molecule has 0 aromatic heterocycles. The fraction of sp³-hybridized carbons (Fsp3) is 0.333. The molecule has 0 atom stereocenters. The first-order chi connectivity index (χ1) is 10.1. The van der Waals surface area contributed by atoms with Crippen molar-refractivity contribution in [1.82, 2.24) is 0 Å². The van der Waals surface area contributed by atoms with Gasteiger partial charge in [-0.1, -0.05) is 60.7 Å². The Balaban J connectivity index is 1.83. The summed E-state index contributed by atoms with van der Waals surface area (Å²) in [6.07, 6.45) is 1.83. The third-order valence-corrected chi connectivity index (χ3v) is 6.53. The molecule has 2 aromatic carbocycles. The first kappa shape index (κ1) is 15.8. The lowest BCUT2D eigenvalue weighted by Gasteiger charge is -2.23. The van der Waals surface area contributed by atoms with E-state index in [0.717, 1.165) is 25.0 Å². The van der Waals surface area contributed by atoms with Gasteiger partial charge in [0.1, 0.15) is 13.8 Å². The van der Waals surface area contributed by atoms with Gasteiger partial charge in [-0.05, 0) is 24.1 Å². The number of hydrogen-bond acceptors (Lipinski definition) is 2. The Bertz CT molecular complexity index is 535. The zero-order valence-corrected chi connectivity index (χ0v) is 14.1. The van der Waals surface area contributed by atoms with Gasteiger partial charge in [-0.3, -0.25) is 0 Å². The highest BCUT2D eigenvalue weighted by Gasteiger charge is 2.23. The van der Waals surface area contributed by atoms with Crippen molar-refractivity contribution in [3.8, 4) is 5.75 Å². The van der Waals surface area contributed by atoms with Crippen LogP contribution in [0.5, 0.6) is 5.75 Å². The number of hydrogen-bond donors (Lipinski definition) is 0. The van der Waals surface area contributed by atoms with E-state index in [2.05, 4.69) is 49.5 Å². The van der Waals surface area contributed by atoms with E-state index in [-0.39, 0.29) is 0 Å². The predicted octanol–water partition coefficient (Wildman–Crippen LogP) is 3.41. The van der Waals surface area contributed by atoms with Crippen molar-refractivity contribution in [3.05, 3.63) is 60.2 Å². The number of rotatable bonds is 7. The first-order valence-electron chi connectivity index (χ1n) is 7.38. The molecule has 0 unspecified atom stereocenters. The number of methoxy groups -OCH3 is 1. The normalized spacial score (nSPS) is 11.4. The van der Waals surface area contributed by atoms with Crippen LogP contribution in [0.1, 0.15) is 5.56 Å². The molecule has 0 aliphatic carbocycles. The molecule has 0 aliphatic rings. The summed E-state index contributed by atoms with van der Waals surface area (Å²) in [6, 6.07) is 18.9. The third-order valence-electron chi connectivity index (χ3n) is 3.71. The van der Waals surface area contributed by atoms with Gasteiger partial charge in [0.05, 0.1) is 13.7 Å². The highest BCUT2D eigenvalue weighted by molar-refractivity contribution is 6.89. The molecule has 112 valence electrons. The Morgan fingerprint density at radius 2 is 1.57 bits per heavy atom. The van der Waals surface area contributed by atoms with Gasteiger partial charge in [0.25, 0.3) is 0 Å². The lowest BCUT2D eigenvalue weighted by molar-refractivity contribution is 0.177. The highest BCUT2D eigenvalue weighted by atomic mass is 28.3. The standard InChI is InChI=1S/C18H24O2Si/c1-19-17-9-11-18(12-10-17)21(2,3)15-20-14-13-16-7-5-4-6-8-16/h4-12H,13-15H2,1-3H3. The lowest BCUT2D eigenvalue weighted by Crippen LogP contribution is -2.46. The average Bonchev–Trinajstić information content (AvgIpc) is 2.53. The fourth-order valence-corrected chi connectivity index (χ4v) is 4.18. The summed E-state index contributed by atoms with van der Waals surface area (Å²) in [5.74, 6) is 0.911. The van der Waals surface area contributed by atoms with Gasteiger partial charge in [-0.25, -0.2) is 0 Å². The van der Waals surface area contributed by atoms with Gasteiger partial charge < -0.3 is 9.47 Å². The molecule has 0 radical (unpaired) electrons. The van der Waals surface area contributed by atoms with Crippen LogP contribution in [-0.4, -0.2) is 28.0 Å². The summed E-state index contributed by atoms with van der Waals surface area (Å²) in [6.45, 7) is 5.48. The highest BCUT2D eigenvalue weighted by Crippen LogP contribution is 2.11. The van der Waals surface area contributed by atoms with Gasteiger partial charge in [-0.15, -0.1) is 0 Å². The Morgan fingerprint density at radius 1 is 0.905 bits per heavy atom. The van der Waals surface area contributed by atoms with Crippen LogP contribution in [-0.2, 0) is 11.2 Å². The van der Waals surface area contributed by atoms with Crippen LogP contribution >= 0.6 is 0 Å². The van der Waals surface area contributed by atoms with Crippen molar-refractivity contribution < 1.29 is 9.47 Å². The lowest BCUT2D eigenvalue weighted by atomic mass is 10.2. The van der Waals surface area contributed by atoms with Crippen LogP contribution in [0, 0.1) is 0 Å². The van der Waals surface area contributed by atoms with Gasteiger partial charge >= 0.3 is 0 Å². The summed E-state index contributed by atoms with van der Waals surface area (Å²) in [7, 11) is 0.168. The van der Waals surface area contributed by atoms with Crippen LogP contribution < -0.4 is 9.92 Å². The SMILES string of the molecule is COc1ccc([Si](C)(C)COCCc2ccccc2)cc1. The minimum Gasteiger partial charge on any atom is -0.497 e. The maximum Gasteiger partial charge on any atom is 0.118 e. The van der Waals surface area contributed by atoms with Crippen molar-refractivity contribution in [3.63, 3.8) is 0 Å². The maximum atomic E-state index is 5.94. The van der Waals surface area contributed by atoms with Crippen LogP contribution in [0.3, 0.4) is 0 Å². The summed E-state index contributed by atoms with van der Waals surface area (Å²) in [5, 5.41) is 1.41. The average molecular weight is 300 g/mol. The maximum absolute atomic E-state index is 5.94. The molecule has 2 nitrogen and oxygen atoms in total. The van der Waals surface area contributed by atoms with Crippen LogP contribution in [0.4, 0.5) is 0 Å². The second kappa shape index (κ2) is 7.43. The van der Waals surface area contributed by atoms with Crippen molar-refractivity contribution in [1.29, 1.82) is 0 Å². The molecule has 0 saturated carbocycles. The first-order valence-corrected chi connectivity index (χ1v) is 10.6. The van der Waals surface area contributed by atoms with E-state index in [9.17, 15) is 0 Å². The van der Waals surface area contributed by atoms with E-state index >= 15 is 0 Å². The van der Waals surface area contributed by atoms with Gasteiger partial charge in [-0.2, -0.15) is 0 Å². The van der Waals surface area contributed by atoms with Crippen molar-refractivity contribution in [2.24, 2.45) is 0 Å². The van der Waals surface area contributed by atoms with Gasteiger partial charge in [0.15, 0.2) is 0 Å². The molecule has 0 amide bonds. The quantitative estimate of drug-likeness (QED) is 0.576. The Morgan fingerprint density at radius 3 is 2.19 bits per heavy atom. The zero-order chi connectivity index (χ0) is 15.1. The van der Waals surface area contributed by atoms with E-state index in [0.29, 0.717) is 0 Å². The predicted molar refractivity (Wildman–Crippen MR) is 91.1 cm³/mol. The van der Waals surface area contributed by atoms with E-state index < -0.39 is 8.07 Å². The minimum atomic E-state index is -1.53. The Kier molecular flexibility index (Phi) is 5.59. The molecule has 0 heterocycles. The molecule has 0 spiro atoms. The van der Waals surface area contributed by atoms with Crippen LogP contribution in [0.2, 0.25) is 13.1 Å². The zero-order valence-electron chi connectivity index (χ0n) is 13.1. The van der Waals surface area contributed by atoms with E-state index in [1.165, 1.54) is 10.8 Å². The van der Waals surface area contributed by atoms with Crippen LogP contribution in [0.25, 0.3) is 0 Å². The molecule has 0 fully saturated rings. The third kappa shape index (κ3) is 4.72. The van der Waals surface area contributed by atoms with Crippen molar-refractivity contribution >= 4 is 13.3 Å². The largest absolute Gasteiger partial charge is 0.497 e. The smallest absolute Gasteiger partial charge is 0.118 e. The molecule has 0 aliphatic heterocycles.